The van der Waals surface area contributed by atoms with Gasteiger partial charge in [-0.2, -0.15) is 0 Å². The van der Waals surface area contributed by atoms with Gasteiger partial charge in [0.2, 0.25) is 0 Å². The number of sulfone groups is 1. The molecule has 0 bridgehead atoms. The standard InChI is InChI=1S/C12H16FN5O2S/c1-7(6-21(3,19)20)18-12(15-16-17-18)9-4-10(13)8(2)11(14)5-9/h4-5,7H,6,14H2,1-3H3. The molecule has 0 saturated carbocycles. The summed E-state index contributed by atoms with van der Waals surface area (Å²) >= 11 is 0. The van der Waals surface area contributed by atoms with E-state index in [0.717, 1.165) is 6.26 Å². The van der Waals surface area contributed by atoms with Crippen molar-refractivity contribution in [2.75, 3.05) is 17.7 Å². The van der Waals surface area contributed by atoms with E-state index in [4.69, 9.17) is 5.73 Å². The number of nitrogens with two attached hydrogens (primary N) is 1. The summed E-state index contributed by atoms with van der Waals surface area (Å²) in [6, 6.07) is 2.37. The van der Waals surface area contributed by atoms with E-state index in [0.29, 0.717) is 11.1 Å². The monoisotopic (exact) mass is 313 g/mol. The summed E-state index contributed by atoms with van der Waals surface area (Å²) in [7, 11) is -3.19. The number of hydrogen-bond acceptors (Lipinski definition) is 6. The maximum Gasteiger partial charge on any atom is 0.182 e. The summed E-state index contributed by atoms with van der Waals surface area (Å²) in [5.41, 5.74) is 6.78. The van der Waals surface area contributed by atoms with Crippen LogP contribution in [0.5, 0.6) is 0 Å². The van der Waals surface area contributed by atoms with Crippen LogP contribution in [0.3, 0.4) is 0 Å². The van der Waals surface area contributed by atoms with E-state index < -0.39 is 21.7 Å². The van der Waals surface area contributed by atoms with Crippen LogP contribution in [0.1, 0.15) is 18.5 Å². The molecular formula is C12H16FN5O2S. The van der Waals surface area contributed by atoms with Crippen LogP contribution < -0.4 is 5.73 Å². The molecule has 1 atom stereocenters. The Morgan fingerprint density at radius 1 is 1.43 bits per heavy atom. The number of halogens is 1. The quantitative estimate of drug-likeness (QED) is 0.844. The number of anilines is 1. The maximum atomic E-state index is 13.8. The molecule has 1 aromatic heterocycles. The van der Waals surface area contributed by atoms with E-state index in [9.17, 15) is 12.8 Å². The second kappa shape index (κ2) is 5.40. The molecule has 0 aliphatic rings. The van der Waals surface area contributed by atoms with Crippen molar-refractivity contribution in [3.63, 3.8) is 0 Å². The number of tetrazole rings is 1. The topological polar surface area (TPSA) is 104 Å². The SMILES string of the molecule is Cc1c(N)cc(-c2nnnn2C(C)CS(C)(=O)=O)cc1F. The molecule has 0 aliphatic carbocycles. The first kappa shape index (κ1) is 15.4. The average molecular weight is 313 g/mol. The summed E-state index contributed by atoms with van der Waals surface area (Å²) in [6.07, 6.45) is 1.14. The highest BCUT2D eigenvalue weighted by Gasteiger charge is 2.19. The first-order chi connectivity index (χ1) is 9.69. The number of benzene rings is 1. The molecule has 1 unspecified atom stereocenters. The van der Waals surface area contributed by atoms with E-state index in [1.165, 1.54) is 10.7 Å². The minimum absolute atomic E-state index is 0.116. The van der Waals surface area contributed by atoms with E-state index in [-0.39, 0.29) is 17.3 Å². The molecule has 2 rings (SSSR count). The van der Waals surface area contributed by atoms with Crippen LogP contribution in [0.15, 0.2) is 12.1 Å². The Labute approximate surface area is 121 Å². The zero-order chi connectivity index (χ0) is 15.8. The Kier molecular flexibility index (Phi) is 3.95. The van der Waals surface area contributed by atoms with Crippen LogP contribution in [0.2, 0.25) is 0 Å². The smallest absolute Gasteiger partial charge is 0.182 e. The fourth-order valence-electron chi connectivity index (χ4n) is 2.02. The Bertz CT molecular complexity index is 749. The molecule has 0 amide bonds. The lowest BCUT2D eigenvalue weighted by Crippen LogP contribution is -2.18. The van der Waals surface area contributed by atoms with Crippen molar-refractivity contribution >= 4 is 15.5 Å². The highest BCUT2D eigenvalue weighted by atomic mass is 32.2. The van der Waals surface area contributed by atoms with Gasteiger partial charge in [0.25, 0.3) is 0 Å². The third-order valence-electron chi connectivity index (χ3n) is 3.10. The van der Waals surface area contributed by atoms with E-state index in [1.807, 2.05) is 0 Å². The number of nitrogens with zero attached hydrogens (tertiary/aromatic N) is 4. The minimum atomic E-state index is -3.19. The van der Waals surface area contributed by atoms with Gasteiger partial charge in [-0.25, -0.2) is 17.5 Å². The molecule has 2 N–H and O–H groups in total. The maximum absolute atomic E-state index is 13.8. The molecule has 0 fully saturated rings. The van der Waals surface area contributed by atoms with E-state index >= 15 is 0 Å². The van der Waals surface area contributed by atoms with Gasteiger partial charge in [0.15, 0.2) is 5.82 Å². The lowest BCUT2D eigenvalue weighted by molar-refractivity contribution is 0.509. The van der Waals surface area contributed by atoms with Gasteiger partial charge in [0.1, 0.15) is 15.7 Å². The minimum Gasteiger partial charge on any atom is -0.398 e. The summed E-state index contributed by atoms with van der Waals surface area (Å²) in [5, 5.41) is 11.2. The van der Waals surface area contributed by atoms with Gasteiger partial charge in [-0.1, -0.05) is 0 Å². The van der Waals surface area contributed by atoms with E-state index in [2.05, 4.69) is 15.5 Å². The fourth-order valence-corrected chi connectivity index (χ4v) is 3.04. The zero-order valence-electron chi connectivity index (χ0n) is 11.9. The lowest BCUT2D eigenvalue weighted by atomic mass is 10.1. The highest BCUT2D eigenvalue weighted by Crippen LogP contribution is 2.26. The average Bonchev–Trinajstić information content (AvgIpc) is 2.82. The van der Waals surface area contributed by atoms with Gasteiger partial charge in [-0.15, -0.1) is 5.10 Å². The Morgan fingerprint density at radius 3 is 2.67 bits per heavy atom. The number of hydrogen-bond donors (Lipinski definition) is 1. The summed E-state index contributed by atoms with van der Waals surface area (Å²) in [6.45, 7) is 3.25. The van der Waals surface area contributed by atoms with Crippen LogP contribution in [-0.2, 0) is 9.84 Å². The number of rotatable bonds is 4. The van der Waals surface area contributed by atoms with Crippen molar-refractivity contribution in [2.24, 2.45) is 0 Å². The zero-order valence-corrected chi connectivity index (χ0v) is 12.7. The summed E-state index contributed by atoms with van der Waals surface area (Å²) < 4.78 is 37.9. The van der Waals surface area contributed by atoms with Crippen LogP contribution in [0.25, 0.3) is 11.4 Å². The van der Waals surface area contributed by atoms with Gasteiger partial charge >= 0.3 is 0 Å². The van der Waals surface area contributed by atoms with Crippen molar-refractivity contribution in [3.8, 4) is 11.4 Å². The van der Waals surface area contributed by atoms with Gasteiger partial charge < -0.3 is 5.73 Å². The third kappa shape index (κ3) is 3.35. The second-order valence-corrected chi connectivity index (χ2v) is 7.25. The van der Waals surface area contributed by atoms with Crippen LogP contribution in [0.4, 0.5) is 10.1 Å². The fraction of sp³-hybridized carbons (Fsp3) is 0.417. The lowest BCUT2D eigenvalue weighted by Gasteiger charge is -2.13. The molecule has 21 heavy (non-hydrogen) atoms. The predicted molar refractivity (Wildman–Crippen MR) is 76.8 cm³/mol. The van der Waals surface area contributed by atoms with E-state index in [1.54, 1.807) is 19.9 Å². The van der Waals surface area contributed by atoms with Crippen molar-refractivity contribution < 1.29 is 12.8 Å². The van der Waals surface area contributed by atoms with Crippen LogP contribution in [-0.4, -0.2) is 40.6 Å². The molecule has 2 aromatic rings. The molecule has 1 aromatic carbocycles. The number of aromatic nitrogens is 4. The van der Waals surface area contributed by atoms with Crippen molar-refractivity contribution in [1.82, 2.24) is 20.2 Å². The van der Waals surface area contributed by atoms with Crippen LogP contribution >= 0.6 is 0 Å². The first-order valence-electron chi connectivity index (χ1n) is 6.20. The highest BCUT2D eigenvalue weighted by molar-refractivity contribution is 7.90. The molecule has 0 aliphatic heterocycles. The second-order valence-electron chi connectivity index (χ2n) is 5.06. The van der Waals surface area contributed by atoms with Crippen LogP contribution in [0, 0.1) is 12.7 Å². The van der Waals surface area contributed by atoms with Crippen molar-refractivity contribution in [3.05, 3.63) is 23.5 Å². The molecule has 0 radical (unpaired) electrons. The summed E-state index contributed by atoms with van der Waals surface area (Å²) in [5.74, 6) is -0.304. The van der Waals surface area contributed by atoms with Gasteiger partial charge in [-0.05, 0) is 36.4 Å². The Hall–Kier alpha value is -2.03. The van der Waals surface area contributed by atoms with Gasteiger partial charge in [-0.3, -0.25) is 0 Å². The molecule has 1 heterocycles. The summed E-state index contributed by atoms with van der Waals surface area (Å²) in [4.78, 5) is 0. The molecule has 7 nitrogen and oxygen atoms in total. The molecule has 0 spiro atoms. The third-order valence-corrected chi connectivity index (χ3v) is 4.18. The Morgan fingerprint density at radius 2 is 2.10 bits per heavy atom. The van der Waals surface area contributed by atoms with Crippen molar-refractivity contribution in [1.29, 1.82) is 0 Å². The van der Waals surface area contributed by atoms with Gasteiger partial charge in [0, 0.05) is 23.1 Å². The molecule has 0 saturated heterocycles. The normalized spacial score (nSPS) is 13.3. The Balaban J connectivity index is 2.46. The van der Waals surface area contributed by atoms with Crippen molar-refractivity contribution in [2.45, 2.75) is 19.9 Å². The molecule has 114 valence electrons. The van der Waals surface area contributed by atoms with Gasteiger partial charge in [0.05, 0.1) is 11.8 Å². The predicted octanol–water partition coefficient (Wildman–Crippen LogP) is 0.975. The molecule has 9 heteroatoms. The number of nitrogen functional groups attached to an aromatic ring is 1. The first-order valence-corrected chi connectivity index (χ1v) is 8.26. The largest absolute Gasteiger partial charge is 0.398 e. The molecular weight excluding hydrogens is 297 g/mol.